The van der Waals surface area contributed by atoms with E-state index in [0.29, 0.717) is 15.8 Å². The van der Waals surface area contributed by atoms with Gasteiger partial charge in [0.2, 0.25) is 19.9 Å². The van der Waals surface area contributed by atoms with Gasteiger partial charge in [0.1, 0.15) is 22.0 Å². The zero-order valence-corrected chi connectivity index (χ0v) is 21.9. The molecule has 3 N–H and O–H groups in total. The molecule has 0 fully saturated rings. The summed E-state index contributed by atoms with van der Waals surface area (Å²) < 4.78 is 66.5. The van der Waals surface area contributed by atoms with Crippen LogP contribution in [-0.4, -0.2) is 32.8 Å². The van der Waals surface area contributed by atoms with Crippen LogP contribution < -0.4 is 15.6 Å². The fraction of sp³-hybridized carbons (Fsp3) is 0.125. The van der Waals surface area contributed by atoms with Crippen molar-refractivity contribution in [3.05, 3.63) is 86.1 Å². The fourth-order valence-corrected chi connectivity index (χ4v) is 7.04. The molecule has 2 aromatic carbocycles. The summed E-state index contributed by atoms with van der Waals surface area (Å²) in [7, 11) is -7.77. The van der Waals surface area contributed by atoms with Crippen LogP contribution in [0.3, 0.4) is 0 Å². The molecule has 0 unspecified atom stereocenters. The van der Waals surface area contributed by atoms with Crippen LogP contribution in [0.1, 0.15) is 16.0 Å². The van der Waals surface area contributed by atoms with E-state index < -0.39 is 31.2 Å². The highest BCUT2D eigenvalue weighted by Crippen LogP contribution is 2.40. The molecule has 4 aromatic rings. The highest BCUT2D eigenvalue weighted by Gasteiger charge is 2.29. The van der Waals surface area contributed by atoms with Crippen LogP contribution in [0.4, 0.5) is 15.8 Å². The van der Waals surface area contributed by atoms with Crippen molar-refractivity contribution in [1.29, 1.82) is 0 Å². The number of aromatic hydroxyl groups is 1. The number of nitrogens with one attached hydrogen (secondary N) is 2. The van der Waals surface area contributed by atoms with Gasteiger partial charge in [-0.1, -0.05) is 12.1 Å². The lowest BCUT2D eigenvalue weighted by Gasteiger charge is -2.22. The molecule has 0 spiro atoms. The minimum Gasteiger partial charge on any atom is -0.506 e. The molecule has 2 aromatic heterocycles. The molecule has 0 aliphatic carbocycles. The normalized spacial score (nSPS) is 14.6. The predicted molar refractivity (Wildman–Crippen MR) is 142 cm³/mol. The summed E-state index contributed by atoms with van der Waals surface area (Å²) in [4.78, 5) is 14.8. The minimum absolute atomic E-state index is 0.0585. The van der Waals surface area contributed by atoms with Crippen LogP contribution >= 0.6 is 11.3 Å². The minimum atomic E-state index is -4.13. The standard InChI is InChI=1S/C24H20FN3O6S3/c1-13-9-17-22(29)21(23(30)28(24(17)35-13)11-14-3-5-15(25)6-4-14)19-12-37(33,34)20-10-16(27-36(2,31)32)7-8-18(20)26-19/h3-10,12,26-27,29H,11H2,1-2H3. The maximum Gasteiger partial charge on any atom is 0.265 e. The van der Waals surface area contributed by atoms with E-state index in [9.17, 15) is 31.1 Å². The topological polar surface area (TPSA) is 135 Å². The summed E-state index contributed by atoms with van der Waals surface area (Å²) >= 11 is 1.29. The smallest absolute Gasteiger partial charge is 0.265 e. The average molecular weight is 562 g/mol. The summed E-state index contributed by atoms with van der Waals surface area (Å²) in [6, 6.07) is 11.3. The maximum atomic E-state index is 13.7. The molecule has 13 heteroatoms. The first-order valence-electron chi connectivity index (χ1n) is 10.8. The number of halogens is 1. The molecule has 0 atom stereocenters. The van der Waals surface area contributed by atoms with Crippen molar-refractivity contribution in [2.24, 2.45) is 0 Å². The number of aryl methyl sites for hydroxylation is 1. The number of fused-ring (bicyclic) bond motifs is 2. The number of nitrogens with zero attached hydrogens (tertiary/aromatic N) is 1. The third-order valence-corrected chi connectivity index (χ3v) is 8.87. The van der Waals surface area contributed by atoms with Crippen molar-refractivity contribution in [1.82, 2.24) is 4.57 Å². The van der Waals surface area contributed by atoms with E-state index in [1.54, 1.807) is 18.2 Å². The molecule has 1 aliphatic heterocycles. The van der Waals surface area contributed by atoms with Gasteiger partial charge >= 0.3 is 0 Å². The highest BCUT2D eigenvalue weighted by molar-refractivity contribution is 7.94. The fourth-order valence-electron chi connectivity index (χ4n) is 4.15. The van der Waals surface area contributed by atoms with Crippen LogP contribution in [0.15, 0.2) is 63.6 Å². The summed E-state index contributed by atoms with van der Waals surface area (Å²) in [6.07, 6.45) is 0.944. The number of thiophene rings is 1. The molecule has 0 radical (unpaired) electrons. The Morgan fingerprint density at radius 1 is 1.14 bits per heavy atom. The second-order valence-corrected chi connectivity index (χ2v) is 13.4. The largest absolute Gasteiger partial charge is 0.506 e. The van der Waals surface area contributed by atoms with Crippen LogP contribution in [0.2, 0.25) is 0 Å². The number of hydrogen-bond donors (Lipinski definition) is 3. The Morgan fingerprint density at radius 2 is 1.84 bits per heavy atom. The SMILES string of the molecule is Cc1cc2c(O)c(C3=CS(=O)(=O)c4cc(NS(C)(=O)=O)ccc4N3)c(=O)n(Cc3ccc(F)cc3)c2s1. The van der Waals surface area contributed by atoms with Crippen molar-refractivity contribution >= 4 is 58.5 Å². The van der Waals surface area contributed by atoms with Gasteiger partial charge in [0.25, 0.3) is 5.56 Å². The molecular formula is C24H20FN3O6S3. The number of hydrogen-bond acceptors (Lipinski definition) is 8. The first kappa shape index (κ1) is 25.0. The van der Waals surface area contributed by atoms with Crippen molar-refractivity contribution < 1.29 is 26.3 Å². The van der Waals surface area contributed by atoms with Gasteiger partial charge in [-0.15, -0.1) is 11.3 Å². The second kappa shape index (κ2) is 8.71. The zero-order chi connectivity index (χ0) is 26.7. The van der Waals surface area contributed by atoms with Crippen LogP contribution in [0.5, 0.6) is 5.75 Å². The Labute approximate surface area is 215 Å². The summed E-state index contributed by atoms with van der Waals surface area (Å²) in [6.45, 7) is 1.89. The number of sulfonamides is 1. The molecule has 0 bridgehead atoms. The molecule has 192 valence electrons. The quantitative estimate of drug-likeness (QED) is 0.337. The van der Waals surface area contributed by atoms with Gasteiger partial charge in [-0.3, -0.25) is 14.1 Å². The molecular weight excluding hydrogens is 541 g/mol. The van der Waals surface area contributed by atoms with E-state index in [4.69, 9.17) is 0 Å². The van der Waals surface area contributed by atoms with E-state index >= 15 is 0 Å². The van der Waals surface area contributed by atoms with Crippen molar-refractivity contribution in [3.63, 3.8) is 0 Å². The third kappa shape index (κ3) is 4.72. The molecule has 5 rings (SSSR count). The van der Waals surface area contributed by atoms with Gasteiger partial charge in [-0.05, 0) is 48.9 Å². The van der Waals surface area contributed by atoms with Gasteiger partial charge in [0.05, 0.1) is 39.9 Å². The molecule has 0 saturated carbocycles. The average Bonchev–Trinajstić information content (AvgIpc) is 3.19. The van der Waals surface area contributed by atoms with Crippen LogP contribution in [-0.2, 0) is 26.4 Å². The van der Waals surface area contributed by atoms with Gasteiger partial charge in [-0.2, -0.15) is 0 Å². The molecule has 1 aliphatic rings. The molecule has 0 amide bonds. The van der Waals surface area contributed by atoms with Crippen molar-refractivity contribution in [3.8, 4) is 5.75 Å². The second-order valence-electron chi connectivity index (χ2n) is 8.60. The zero-order valence-electron chi connectivity index (χ0n) is 19.4. The van der Waals surface area contributed by atoms with E-state index in [1.165, 1.54) is 46.2 Å². The summed E-state index contributed by atoms with van der Waals surface area (Å²) in [5.74, 6) is -0.789. The Hall–Kier alpha value is -3.68. The predicted octanol–water partition coefficient (Wildman–Crippen LogP) is 3.83. The van der Waals surface area contributed by atoms with Crippen LogP contribution in [0.25, 0.3) is 15.9 Å². The lowest BCUT2D eigenvalue weighted by Crippen LogP contribution is -2.26. The first-order chi connectivity index (χ1) is 17.3. The van der Waals surface area contributed by atoms with Gasteiger partial charge in [0.15, 0.2) is 0 Å². The number of rotatable bonds is 5. The van der Waals surface area contributed by atoms with Gasteiger partial charge < -0.3 is 10.4 Å². The maximum absolute atomic E-state index is 13.7. The third-order valence-electron chi connectivity index (χ3n) is 5.69. The molecule has 9 nitrogen and oxygen atoms in total. The molecule has 0 saturated heterocycles. The Bertz CT molecular complexity index is 1890. The molecule has 37 heavy (non-hydrogen) atoms. The molecule has 3 heterocycles. The highest BCUT2D eigenvalue weighted by atomic mass is 32.2. The van der Waals surface area contributed by atoms with E-state index in [-0.39, 0.29) is 39.8 Å². The van der Waals surface area contributed by atoms with Gasteiger partial charge in [-0.25, -0.2) is 21.2 Å². The monoisotopic (exact) mass is 561 g/mol. The number of sulfone groups is 1. The van der Waals surface area contributed by atoms with E-state index in [0.717, 1.165) is 16.5 Å². The first-order valence-corrected chi connectivity index (χ1v) is 15.0. The number of anilines is 2. The van der Waals surface area contributed by atoms with Gasteiger partial charge in [0, 0.05) is 10.6 Å². The van der Waals surface area contributed by atoms with Crippen molar-refractivity contribution in [2.75, 3.05) is 16.3 Å². The van der Waals surface area contributed by atoms with E-state index in [2.05, 4.69) is 10.0 Å². The Morgan fingerprint density at radius 3 is 2.51 bits per heavy atom. The Balaban J connectivity index is 1.67. The Kier molecular flexibility index (Phi) is 5.89. The van der Waals surface area contributed by atoms with E-state index in [1.807, 2.05) is 6.92 Å². The lowest BCUT2D eigenvalue weighted by molar-refractivity contribution is 0.477. The number of aromatic nitrogens is 1. The number of benzene rings is 2. The van der Waals surface area contributed by atoms with Crippen LogP contribution in [0, 0.1) is 12.7 Å². The summed E-state index contributed by atoms with van der Waals surface area (Å²) in [5, 5.41) is 15.2. The lowest BCUT2D eigenvalue weighted by atomic mass is 10.1. The number of pyridine rings is 1. The van der Waals surface area contributed by atoms with Crippen molar-refractivity contribution in [2.45, 2.75) is 18.4 Å². The summed E-state index contributed by atoms with van der Waals surface area (Å²) in [5.41, 5.74) is -0.187.